The number of rotatable bonds is 5. The second kappa shape index (κ2) is 12.3. The summed E-state index contributed by atoms with van der Waals surface area (Å²) < 4.78 is 8.72. The molecule has 266 valence electrons. The molecule has 0 fully saturated rings. The Bertz CT molecular complexity index is 3300. The summed E-state index contributed by atoms with van der Waals surface area (Å²) in [6, 6.07) is 71.9. The maximum Gasteiger partial charge on any atom is 0.185 e. The molecule has 0 bridgehead atoms. The van der Waals surface area contributed by atoms with Gasteiger partial charge in [-0.25, -0.2) is 9.97 Å². The van der Waals surface area contributed by atoms with Crippen LogP contribution in [-0.2, 0) is 0 Å². The summed E-state index contributed by atoms with van der Waals surface area (Å²) in [7, 11) is -2.84. The van der Waals surface area contributed by atoms with Crippen LogP contribution in [0.15, 0.2) is 205 Å². The molecule has 0 saturated carbocycles. The molecule has 0 aliphatic carbocycles. The molecule has 0 amide bonds. The van der Waals surface area contributed by atoms with Crippen molar-refractivity contribution in [1.82, 2.24) is 14.5 Å². The molecule has 5 heteroatoms. The van der Waals surface area contributed by atoms with Gasteiger partial charge < -0.3 is 8.98 Å². The average Bonchev–Trinajstić information content (AvgIpc) is 3.92. The van der Waals surface area contributed by atoms with Crippen LogP contribution in [0.4, 0.5) is 0 Å². The molecule has 1 aliphatic heterocycles. The van der Waals surface area contributed by atoms with Gasteiger partial charge in [0.25, 0.3) is 0 Å². The van der Waals surface area contributed by atoms with Gasteiger partial charge in [-0.15, -0.1) is 0 Å². The molecule has 3 aromatic heterocycles. The Morgan fingerprint density at radius 2 is 1.04 bits per heavy atom. The molecule has 57 heavy (non-hydrogen) atoms. The summed E-state index contributed by atoms with van der Waals surface area (Å²) in [5, 5.41) is 9.92. The van der Waals surface area contributed by atoms with E-state index in [0.29, 0.717) is 5.82 Å². The number of benzene rings is 8. The monoisotopic (exact) mass is 743 g/mol. The van der Waals surface area contributed by atoms with Crippen molar-refractivity contribution in [2.24, 2.45) is 0 Å². The summed E-state index contributed by atoms with van der Waals surface area (Å²) >= 11 is 0. The highest BCUT2D eigenvalue weighted by Crippen LogP contribution is 2.39. The maximum absolute atomic E-state index is 6.38. The first-order valence-corrected chi connectivity index (χ1v) is 21.4. The van der Waals surface area contributed by atoms with Gasteiger partial charge in [0.15, 0.2) is 13.9 Å². The minimum Gasteiger partial charge on any atom is -0.456 e. The summed E-state index contributed by atoms with van der Waals surface area (Å²) in [6.07, 6.45) is 0. The van der Waals surface area contributed by atoms with Crippen molar-refractivity contribution in [3.63, 3.8) is 0 Å². The van der Waals surface area contributed by atoms with E-state index >= 15 is 0 Å². The molecule has 4 nitrogen and oxygen atoms in total. The highest BCUT2D eigenvalue weighted by molar-refractivity contribution is 7.22. The standard InChI is InChI=1S/C52H33N3OSi/c1-4-16-34(17-5-1)49-51-50(41-24-12-15-27-48(41)57(51,37-18-6-2-7-19-37)38-20-8-3-9-21-38)54-52(53-49)35-28-30-36(31-29-35)55-44-25-13-10-22-39(44)42-32-43-40-23-11-14-26-46(40)56-47(43)33-45(42)55/h1-33H. The minimum absolute atomic E-state index is 0.714. The average molecular weight is 744 g/mol. The van der Waals surface area contributed by atoms with E-state index in [4.69, 9.17) is 14.4 Å². The van der Waals surface area contributed by atoms with Gasteiger partial charge in [-0.05, 0) is 58.0 Å². The Kier molecular flexibility index (Phi) is 6.91. The molecule has 0 spiro atoms. The van der Waals surface area contributed by atoms with E-state index in [0.717, 1.165) is 61.2 Å². The van der Waals surface area contributed by atoms with Crippen LogP contribution in [0.3, 0.4) is 0 Å². The Hall–Kier alpha value is -7.34. The zero-order valence-electron chi connectivity index (χ0n) is 30.8. The largest absolute Gasteiger partial charge is 0.456 e. The summed E-state index contributed by atoms with van der Waals surface area (Å²) in [5.74, 6) is 0.714. The lowest BCUT2D eigenvalue weighted by Gasteiger charge is -2.32. The highest BCUT2D eigenvalue weighted by Gasteiger charge is 2.51. The van der Waals surface area contributed by atoms with Gasteiger partial charge in [0.1, 0.15) is 11.2 Å². The van der Waals surface area contributed by atoms with E-state index in [1.807, 2.05) is 12.1 Å². The molecule has 0 N–H and O–H groups in total. The molecular weight excluding hydrogens is 711 g/mol. The Labute approximate surface area is 330 Å². The van der Waals surface area contributed by atoms with Crippen LogP contribution in [0.5, 0.6) is 0 Å². The quantitative estimate of drug-likeness (QED) is 0.165. The van der Waals surface area contributed by atoms with Crippen LogP contribution in [0.25, 0.3) is 83.3 Å². The topological polar surface area (TPSA) is 43.9 Å². The summed E-state index contributed by atoms with van der Waals surface area (Å²) in [4.78, 5) is 11.1. The third-order valence-electron chi connectivity index (χ3n) is 11.9. The SMILES string of the molecule is c1ccc(-c2nc(-c3ccc(-n4c5ccccc5c5cc6c(cc54)oc4ccccc46)cc3)nc3c2[Si](c2ccccc2)(c2ccccc2)c2ccccc2-3)cc1. The van der Waals surface area contributed by atoms with Crippen LogP contribution in [0.2, 0.25) is 0 Å². The summed E-state index contributed by atoms with van der Waals surface area (Å²) in [6.45, 7) is 0. The molecule has 12 rings (SSSR count). The lowest BCUT2D eigenvalue weighted by Crippen LogP contribution is -2.73. The van der Waals surface area contributed by atoms with E-state index in [2.05, 4.69) is 193 Å². The highest BCUT2D eigenvalue weighted by atomic mass is 28.3. The van der Waals surface area contributed by atoms with Gasteiger partial charge in [0, 0.05) is 55.2 Å². The van der Waals surface area contributed by atoms with E-state index in [1.54, 1.807) is 0 Å². The minimum atomic E-state index is -2.84. The van der Waals surface area contributed by atoms with Crippen molar-refractivity contribution in [2.75, 3.05) is 0 Å². The second-order valence-corrected chi connectivity index (χ2v) is 18.6. The number of hydrogen-bond donors (Lipinski definition) is 0. The smallest absolute Gasteiger partial charge is 0.185 e. The fourth-order valence-corrected chi connectivity index (χ4v) is 14.7. The molecular formula is C52H33N3OSi. The second-order valence-electron chi connectivity index (χ2n) is 14.9. The maximum atomic E-state index is 6.38. The predicted octanol–water partition coefficient (Wildman–Crippen LogP) is 10.2. The van der Waals surface area contributed by atoms with E-state index in [1.165, 1.54) is 37.1 Å². The van der Waals surface area contributed by atoms with Gasteiger partial charge in [-0.3, -0.25) is 0 Å². The molecule has 0 saturated heterocycles. The number of furan rings is 1. The molecule has 0 atom stereocenters. The lowest BCUT2D eigenvalue weighted by molar-refractivity contribution is 0.669. The first-order valence-electron chi connectivity index (χ1n) is 19.4. The third kappa shape index (κ3) is 4.61. The van der Waals surface area contributed by atoms with Crippen LogP contribution < -0.4 is 20.7 Å². The predicted molar refractivity (Wildman–Crippen MR) is 237 cm³/mol. The van der Waals surface area contributed by atoms with Crippen LogP contribution in [0.1, 0.15) is 0 Å². The van der Waals surface area contributed by atoms with Crippen LogP contribution in [0, 0.1) is 0 Å². The van der Waals surface area contributed by atoms with Gasteiger partial charge in [0.2, 0.25) is 0 Å². The van der Waals surface area contributed by atoms with E-state index < -0.39 is 8.07 Å². The molecule has 11 aromatic rings. The van der Waals surface area contributed by atoms with Crippen LogP contribution >= 0.6 is 0 Å². The first kappa shape index (κ1) is 32.0. The van der Waals surface area contributed by atoms with Crippen molar-refractivity contribution in [2.45, 2.75) is 0 Å². The molecule has 1 aliphatic rings. The van der Waals surface area contributed by atoms with Crippen molar-refractivity contribution >= 4 is 72.6 Å². The molecule has 8 aromatic carbocycles. The van der Waals surface area contributed by atoms with E-state index in [9.17, 15) is 0 Å². The number of nitrogens with zero attached hydrogens (tertiary/aromatic N) is 3. The normalized spacial score (nSPS) is 13.1. The third-order valence-corrected chi connectivity index (χ3v) is 16.8. The van der Waals surface area contributed by atoms with Gasteiger partial charge in [-0.1, -0.05) is 152 Å². The zero-order chi connectivity index (χ0) is 37.5. The molecule has 0 radical (unpaired) electrons. The Balaban J connectivity index is 1.08. The number of fused-ring (bicyclic) bond motifs is 9. The molecule has 0 unspecified atom stereocenters. The first-order chi connectivity index (χ1) is 28.3. The van der Waals surface area contributed by atoms with Gasteiger partial charge in [0.05, 0.1) is 22.4 Å². The van der Waals surface area contributed by atoms with Crippen LogP contribution in [-0.4, -0.2) is 22.6 Å². The number of para-hydroxylation sites is 2. The van der Waals surface area contributed by atoms with Crippen molar-refractivity contribution in [3.05, 3.63) is 200 Å². The number of hydrogen-bond acceptors (Lipinski definition) is 3. The van der Waals surface area contributed by atoms with Crippen molar-refractivity contribution < 1.29 is 4.42 Å². The fourth-order valence-electron chi connectivity index (χ4n) is 9.46. The van der Waals surface area contributed by atoms with Crippen molar-refractivity contribution in [1.29, 1.82) is 0 Å². The molecule has 4 heterocycles. The fraction of sp³-hybridized carbons (Fsp3) is 0. The Morgan fingerprint density at radius 1 is 0.421 bits per heavy atom. The van der Waals surface area contributed by atoms with Gasteiger partial charge >= 0.3 is 0 Å². The Morgan fingerprint density at radius 3 is 1.79 bits per heavy atom. The lowest BCUT2D eigenvalue weighted by atomic mass is 10.1. The van der Waals surface area contributed by atoms with Gasteiger partial charge in [-0.2, -0.15) is 0 Å². The summed E-state index contributed by atoms with van der Waals surface area (Å²) in [5.41, 5.74) is 10.4. The van der Waals surface area contributed by atoms with Crippen molar-refractivity contribution in [3.8, 4) is 39.6 Å². The zero-order valence-corrected chi connectivity index (χ0v) is 31.8. The number of aromatic nitrogens is 3. The van der Waals surface area contributed by atoms with E-state index in [-0.39, 0.29) is 0 Å².